The van der Waals surface area contributed by atoms with Gasteiger partial charge in [-0.3, -0.25) is 4.99 Å². The Hall–Kier alpha value is -0.180. The zero-order valence-electron chi connectivity index (χ0n) is 13.1. The van der Waals surface area contributed by atoms with Crippen LogP contribution in [0.2, 0.25) is 0 Å². The molecule has 0 saturated heterocycles. The minimum absolute atomic E-state index is 0.262. The molecule has 1 aliphatic carbocycles. The van der Waals surface area contributed by atoms with Crippen LogP contribution < -0.4 is 5.32 Å². The Morgan fingerprint density at radius 1 is 1.32 bits per heavy atom. The maximum atomic E-state index is 5.13. The second-order valence-electron chi connectivity index (χ2n) is 6.60. The Bertz CT molecular complexity index is 327. The highest BCUT2D eigenvalue weighted by atomic mass is 32.2. The molecule has 110 valence electrons. The van der Waals surface area contributed by atoms with Crippen molar-refractivity contribution >= 4 is 16.9 Å². The lowest BCUT2D eigenvalue weighted by atomic mass is 9.78. The van der Waals surface area contributed by atoms with E-state index in [1.807, 2.05) is 11.8 Å². The molecule has 0 aromatic heterocycles. The first kappa shape index (κ1) is 15.2. The minimum atomic E-state index is 0.262. The van der Waals surface area contributed by atoms with Gasteiger partial charge in [0.05, 0.1) is 5.54 Å². The van der Waals surface area contributed by atoms with Crippen molar-refractivity contribution in [3.63, 3.8) is 0 Å². The van der Waals surface area contributed by atoms with Gasteiger partial charge in [0.25, 0.3) is 0 Å². The van der Waals surface area contributed by atoms with Crippen molar-refractivity contribution in [2.75, 3.05) is 5.75 Å². The van der Waals surface area contributed by atoms with Crippen LogP contribution in [0.1, 0.15) is 72.6 Å². The van der Waals surface area contributed by atoms with Crippen LogP contribution in [0.5, 0.6) is 0 Å². The monoisotopic (exact) mass is 282 g/mol. The highest BCUT2D eigenvalue weighted by Gasteiger charge is 2.40. The van der Waals surface area contributed by atoms with Crippen LogP contribution in [-0.2, 0) is 0 Å². The van der Waals surface area contributed by atoms with Gasteiger partial charge in [0.2, 0.25) is 0 Å². The Morgan fingerprint density at radius 3 is 2.58 bits per heavy atom. The van der Waals surface area contributed by atoms with Crippen molar-refractivity contribution in [1.29, 1.82) is 0 Å². The number of hydrogen-bond acceptors (Lipinski definition) is 3. The van der Waals surface area contributed by atoms with Crippen molar-refractivity contribution in [2.24, 2.45) is 10.9 Å². The lowest BCUT2D eigenvalue weighted by Crippen LogP contribution is -2.45. The summed E-state index contributed by atoms with van der Waals surface area (Å²) in [4.78, 5) is 5.13. The molecule has 3 heteroatoms. The zero-order valence-corrected chi connectivity index (χ0v) is 13.9. The van der Waals surface area contributed by atoms with E-state index in [9.17, 15) is 0 Å². The van der Waals surface area contributed by atoms with Gasteiger partial charge in [-0.25, -0.2) is 0 Å². The van der Waals surface area contributed by atoms with E-state index in [1.54, 1.807) is 0 Å². The molecule has 0 aromatic rings. The van der Waals surface area contributed by atoms with Crippen LogP contribution in [-0.4, -0.2) is 22.0 Å². The molecule has 1 spiro atoms. The van der Waals surface area contributed by atoms with Crippen molar-refractivity contribution < 1.29 is 0 Å². The zero-order chi connectivity index (χ0) is 13.9. The van der Waals surface area contributed by atoms with Gasteiger partial charge < -0.3 is 5.32 Å². The molecule has 1 heterocycles. The normalized spacial score (nSPS) is 31.6. The fourth-order valence-corrected chi connectivity index (χ4v) is 4.93. The fraction of sp³-hybridized carbons (Fsp3) is 0.938. The van der Waals surface area contributed by atoms with E-state index in [2.05, 4.69) is 33.0 Å². The summed E-state index contributed by atoms with van der Waals surface area (Å²) < 4.78 is 0. The van der Waals surface area contributed by atoms with Gasteiger partial charge >= 0.3 is 0 Å². The summed E-state index contributed by atoms with van der Waals surface area (Å²) in [5.41, 5.74) is 0.531. The highest BCUT2D eigenvalue weighted by Crippen LogP contribution is 2.42. The summed E-state index contributed by atoms with van der Waals surface area (Å²) >= 11 is 1.96. The van der Waals surface area contributed by atoms with Crippen molar-refractivity contribution in [2.45, 2.75) is 83.7 Å². The number of aliphatic imine (C=N–C) groups is 1. The van der Waals surface area contributed by atoms with Crippen LogP contribution in [0.25, 0.3) is 0 Å². The van der Waals surface area contributed by atoms with Gasteiger partial charge in [-0.1, -0.05) is 52.3 Å². The molecule has 19 heavy (non-hydrogen) atoms. The van der Waals surface area contributed by atoms with E-state index in [1.165, 1.54) is 55.9 Å². The second-order valence-corrected chi connectivity index (χ2v) is 7.56. The molecule has 1 aliphatic heterocycles. The quantitative estimate of drug-likeness (QED) is 0.815. The molecule has 2 unspecified atom stereocenters. The number of nitrogens with zero attached hydrogens (tertiary/aromatic N) is 1. The average Bonchev–Trinajstić information content (AvgIpc) is 2.78. The lowest BCUT2D eigenvalue weighted by Gasteiger charge is -2.34. The Balaban J connectivity index is 2.06. The summed E-state index contributed by atoms with van der Waals surface area (Å²) in [6.07, 6.45) is 8.90. The molecule has 1 N–H and O–H groups in total. The van der Waals surface area contributed by atoms with Crippen molar-refractivity contribution in [1.82, 2.24) is 5.32 Å². The first-order valence-electron chi connectivity index (χ1n) is 8.08. The SMILES string of the molecule is CCC(CC)(CC)NC1=NC2(CCCC(C)C2)CS1. The molecule has 1 fully saturated rings. The van der Waals surface area contributed by atoms with Gasteiger partial charge in [0, 0.05) is 11.3 Å². The third-order valence-electron chi connectivity index (χ3n) is 5.29. The summed E-state index contributed by atoms with van der Waals surface area (Å²) in [5.74, 6) is 2.05. The van der Waals surface area contributed by atoms with E-state index in [0.29, 0.717) is 0 Å². The molecule has 0 aromatic carbocycles. The molecular formula is C16H30N2S. The largest absolute Gasteiger partial charge is 0.360 e. The van der Waals surface area contributed by atoms with Crippen LogP contribution in [0.15, 0.2) is 4.99 Å². The van der Waals surface area contributed by atoms with Gasteiger partial charge in [0.15, 0.2) is 5.17 Å². The summed E-state index contributed by atoms with van der Waals surface area (Å²) in [5, 5.41) is 5.00. The van der Waals surface area contributed by atoms with Gasteiger partial charge in [-0.15, -0.1) is 0 Å². The number of rotatable bonds is 4. The first-order valence-corrected chi connectivity index (χ1v) is 9.06. The van der Waals surface area contributed by atoms with E-state index in [0.717, 1.165) is 5.92 Å². The topological polar surface area (TPSA) is 24.4 Å². The minimum Gasteiger partial charge on any atom is -0.360 e. The molecular weight excluding hydrogens is 252 g/mol. The van der Waals surface area contributed by atoms with E-state index >= 15 is 0 Å². The van der Waals surface area contributed by atoms with Gasteiger partial charge in [-0.05, 0) is 38.0 Å². The molecule has 2 nitrogen and oxygen atoms in total. The third-order valence-corrected chi connectivity index (χ3v) is 6.43. The summed E-state index contributed by atoms with van der Waals surface area (Å²) in [6, 6.07) is 0. The van der Waals surface area contributed by atoms with Crippen LogP contribution in [0, 0.1) is 5.92 Å². The highest BCUT2D eigenvalue weighted by molar-refractivity contribution is 8.14. The molecule has 0 bridgehead atoms. The van der Waals surface area contributed by atoms with Crippen molar-refractivity contribution in [3.8, 4) is 0 Å². The molecule has 2 rings (SSSR count). The lowest BCUT2D eigenvalue weighted by molar-refractivity contribution is 0.264. The first-order chi connectivity index (χ1) is 9.07. The Morgan fingerprint density at radius 2 is 2.00 bits per heavy atom. The maximum absolute atomic E-state index is 5.13. The standard InChI is InChI=1S/C16H30N2S/c1-5-15(6-2,7-3)17-14-18-16(12-19-14)10-8-9-13(4)11-16/h13H,5-12H2,1-4H3,(H,17,18). The van der Waals surface area contributed by atoms with Crippen LogP contribution in [0.3, 0.4) is 0 Å². The molecule has 0 amide bonds. The summed E-state index contributed by atoms with van der Waals surface area (Å²) in [6.45, 7) is 9.26. The van der Waals surface area contributed by atoms with Gasteiger partial charge in [0.1, 0.15) is 0 Å². The number of thioether (sulfide) groups is 1. The maximum Gasteiger partial charge on any atom is 0.157 e. The van der Waals surface area contributed by atoms with E-state index in [4.69, 9.17) is 4.99 Å². The fourth-order valence-electron chi connectivity index (χ4n) is 3.65. The van der Waals surface area contributed by atoms with Crippen LogP contribution >= 0.6 is 11.8 Å². The predicted molar refractivity (Wildman–Crippen MR) is 87.0 cm³/mol. The Kier molecular flexibility index (Phi) is 4.86. The number of hydrogen-bond donors (Lipinski definition) is 1. The van der Waals surface area contributed by atoms with Crippen LogP contribution in [0.4, 0.5) is 0 Å². The predicted octanol–water partition coefficient (Wildman–Crippen LogP) is 4.60. The molecule has 1 saturated carbocycles. The molecule has 2 atom stereocenters. The summed E-state index contributed by atoms with van der Waals surface area (Å²) in [7, 11) is 0. The van der Waals surface area contributed by atoms with Gasteiger partial charge in [-0.2, -0.15) is 0 Å². The van der Waals surface area contributed by atoms with E-state index in [-0.39, 0.29) is 11.1 Å². The second kappa shape index (κ2) is 6.07. The average molecular weight is 282 g/mol. The van der Waals surface area contributed by atoms with Crippen molar-refractivity contribution in [3.05, 3.63) is 0 Å². The number of amidine groups is 1. The third kappa shape index (κ3) is 3.29. The molecule has 2 aliphatic rings. The Labute approximate surface area is 123 Å². The number of nitrogens with one attached hydrogen (secondary N) is 1. The molecule has 0 radical (unpaired) electrons. The smallest absolute Gasteiger partial charge is 0.157 e. The van der Waals surface area contributed by atoms with E-state index < -0.39 is 0 Å².